The number of hydrogen-bond donors (Lipinski definition) is 0. The molecule has 0 N–H and O–H groups in total. The molecule has 1 fully saturated rings. The summed E-state index contributed by atoms with van der Waals surface area (Å²) < 4.78 is 7.26. The topological polar surface area (TPSA) is 48.3 Å². The van der Waals surface area contributed by atoms with E-state index in [0.29, 0.717) is 18.9 Å². The third-order valence-corrected chi connectivity index (χ3v) is 3.55. The Morgan fingerprint density at radius 3 is 2.89 bits per heavy atom. The Kier molecular flexibility index (Phi) is 4.22. The molecule has 0 saturated heterocycles. The summed E-state index contributed by atoms with van der Waals surface area (Å²) in [5.41, 5.74) is -0.178. The average Bonchev–Trinajstić information content (AvgIpc) is 3.11. The van der Waals surface area contributed by atoms with E-state index >= 15 is 0 Å². The van der Waals surface area contributed by atoms with Gasteiger partial charge < -0.3 is 9.30 Å². The van der Waals surface area contributed by atoms with E-state index in [1.807, 2.05) is 0 Å². The van der Waals surface area contributed by atoms with Crippen LogP contribution in [0.1, 0.15) is 32.2 Å². The first kappa shape index (κ1) is 13.3. The van der Waals surface area contributed by atoms with Crippen molar-refractivity contribution in [2.45, 2.75) is 32.2 Å². The van der Waals surface area contributed by atoms with Crippen LogP contribution < -0.4 is 5.56 Å². The number of hydrogen-bond acceptors (Lipinski definition) is 3. The smallest absolute Gasteiger partial charge is 0.329 e. The molecular formula is C13H16BrNO3. The van der Waals surface area contributed by atoms with Gasteiger partial charge in [0, 0.05) is 16.7 Å². The normalized spacial score (nSPS) is 16.3. The van der Waals surface area contributed by atoms with E-state index < -0.39 is 6.04 Å². The minimum Gasteiger partial charge on any atom is -0.464 e. The van der Waals surface area contributed by atoms with Crippen molar-refractivity contribution >= 4 is 21.9 Å². The fraction of sp³-hybridized carbons (Fsp3) is 0.538. The van der Waals surface area contributed by atoms with Crippen LogP contribution in [0.2, 0.25) is 0 Å². The third kappa shape index (κ3) is 3.22. The van der Waals surface area contributed by atoms with Gasteiger partial charge in [-0.1, -0.05) is 28.8 Å². The number of ether oxygens (including phenoxy) is 1. The first-order chi connectivity index (χ1) is 8.61. The molecule has 1 aromatic rings. The van der Waals surface area contributed by atoms with Crippen LogP contribution in [0, 0.1) is 5.92 Å². The number of esters is 1. The van der Waals surface area contributed by atoms with Crippen LogP contribution in [0.15, 0.2) is 27.6 Å². The largest absolute Gasteiger partial charge is 0.464 e. The van der Waals surface area contributed by atoms with Crippen molar-refractivity contribution in [3.8, 4) is 0 Å². The van der Waals surface area contributed by atoms with E-state index in [1.165, 1.54) is 10.6 Å². The van der Waals surface area contributed by atoms with Gasteiger partial charge in [0.2, 0.25) is 0 Å². The third-order valence-electron chi connectivity index (χ3n) is 3.06. The zero-order valence-electron chi connectivity index (χ0n) is 10.3. The Morgan fingerprint density at radius 2 is 2.33 bits per heavy atom. The molecule has 1 aliphatic carbocycles. The minimum atomic E-state index is -0.488. The highest BCUT2D eigenvalue weighted by atomic mass is 79.9. The predicted octanol–water partition coefficient (Wildman–Crippen LogP) is 2.52. The van der Waals surface area contributed by atoms with Crippen LogP contribution >= 0.6 is 15.9 Å². The summed E-state index contributed by atoms with van der Waals surface area (Å²) in [6, 6.07) is 2.75. The van der Waals surface area contributed by atoms with E-state index in [-0.39, 0.29) is 11.5 Å². The summed E-state index contributed by atoms with van der Waals surface area (Å²) >= 11 is 3.25. The second-order valence-corrected chi connectivity index (χ2v) is 5.45. The molecule has 0 bridgehead atoms. The summed E-state index contributed by atoms with van der Waals surface area (Å²) in [6.07, 6.45) is 4.62. The van der Waals surface area contributed by atoms with Crippen molar-refractivity contribution in [1.82, 2.24) is 4.57 Å². The predicted molar refractivity (Wildman–Crippen MR) is 71.4 cm³/mol. The molecule has 2 rings (SSSR count). The fourth-order valence-corrected chi connectivity index (χ4v) is 2.27. The number of nitrogens with zero attached hydrogens (tertiary/aromatic N) is 1. The van der Waals surface area contributed by atoms with Crippen LogP contribution in [0.25, 0.3) is 0 Å². The lowest BCUT2D eigenvalue weighted by Crippen LogP contribution is -2.30. The summed E-state index contributed by atoms with van der Waals surface area (Å²) in [4.78, 5) is 23.9. The van der Waals surface area contributed by atoms with Gasteiger partial charge in [0.25, 0.3) is 5.56 Å². The molecular weight excluding hydrogens is 298 g/mol. The SMILES string of the molecule is CCOC(=O)[C@@H](CC1CC1)n1ccc(Br)cc1=O. The van der Waals surface area contributed by atoms with Crippen molar-refractivity contribution in [3.05, 3.63) is 33.2 Å². The molecule has 98 valence electrons. The van der Waals surface area contributed by atoms with Crippen molar-refractivity contribution in [3.63, 3.8) is 0 Å². The standard InChI is InChI=1S/C13H16BrNO3/c1-2-18-13(17)11(7-9-3-4-9)15-6-5-10(14)8-12(15)16/h5-6,8-9,11H,2-4,7H2,1H3/t11-/m1/s1. The van der Waals surface area contributed by atoms with Gasteiger partial charge in [-0.2, -0.15) is 0 Å². The molecule has 18 heavy (non-hydrogen) atoms. The van der Waals surface area contributed by atoms with Crippen molar-refractivity contribution in [2.75, 3.05) is 6.61 Å². The van der Waals surface area contributed by atoms with E-state index in [2.05, 4.69) is 15.9 Å². The monoisotopic (exact) mass is 313 g/mol. The van der Waals surface area contributed by atoms with Crippen LogP contribution in [-0.2, 0) is 9.53 Å². The summed E-state index contributed by atoms with van der Waals surface area (Å²) in [6.45, 7) is 2.11. The molecule has 0 aromatic carbocycles. The Labute approximate surface area is 114 Å². The van der Waals surface area contributed by atoms with Gasteiger partial charge in [-0.3, -0.25) is 4.79 Å². The summed E-state index contributed by atoms with van der Waals surface area (Å²) in [5, 5.41) is 0. The van der Waals surface area contributed by atoms with Crippen LogP contribution in [-0.4, -0.2) is 17.1 Å². The Morgan fingerprint density at radius 1 is 1.61 bits per heavy atom. The van der Waals surface area contributed by atoms with Crippen LogP contribution in [0.5, 0.6) is 0 Å². The van der Waals surface area contributed by atoms with Crippen LogP contribution in [0.4, 0.5) is 0 Å². The van der Waals surface area contributed by atoms with Crippen molar-refractivity contribution in [2.24, 2.45) is 5.92 Å². The Hall–Kier alpha value is -1.10. The highest BCUT2D eigenvalue weighted by Crippen LogP contribution is 2.37. The van der Waals surface area contributed by atoms with Crippen molar-refractivity contribution < 1.29 is 9.53 Å². The highest BCUT2D eigenvalue weighted by Gasteiger charge is 2.31. The van der Waals surface area contributed by atoms with Gasteiger partial charge in [-0.25, -0.2) is 4.79 Å². The van der Waals surface area contributed by atoms with E-state index in [0.717, 1.165) is 17.3 Å². The maximum atomic E-state index is 12.0. The summed E-state index contributed by atoms with van der Waals surface area (Å²) in [7, 11) is 0. The van der Waals surface area contributed by atoms with Gasteiger partial charge in [0.05, 0.1) is 6.61 Å². The molecule has 1 aromatic heterocycles. The summed E-state index contributed by atoms with van der Waals surface area (Å²) in [5.74, 6) is 0.240. The molecule has 4 nitrogen and oxygen atoms in total. The molecule has 1 saturated carbocycles. The number of aromatic nitrogens is 1. The quantitative estimate of drug-likeness (QED) is 0.785. The Balaban J connectivity index is 2.26. The molecule has 1 heterocycles. The zero-order chi connectivity index (χ0) is 13.1. The Bertz CT molecular complexity index is 493. The maximum absolute atomic E-state index is 12.0. The molecule has 5 heteroatoms. The average molecular weight is 314 g/mol. The van der Waals surface area contributed by atoms with E-state index in [1.54, 1.807) is 19.2 Å². The van der Waals surface area contributed by atoms with E-state index in [9.17, 15) is 9.59 Å². The minimum absolute atomic E-state index is 0.178. The van der Waals surface area contributed by atoms with Gasteiger partial charge >= 0.3 is 5.97 Å². The molecule has 0 aliphatic heterocycles. The molecule has 0 unspecified atom stereocenters. The van der Waals surface area contributed by atoms with Crippen LogP contribution in [0.3, 0.4) is 0 Å². The number of halogens is 1. The molecule has 0 spiro atoms. The van der Waals surface area contributed by atoms with Gasteiger partial charge in [-0.05, 0) is 25.3 Å². The molecule has 0 amide bonds. The lowest BCUT2D eigenvalue weighted by atomic mass is 10.1. The first-order valence-corrected chi connectivity index (χ1v) is 6.95. The van der Waals surface area contributed by atoms with Gasteiger partial charge in [0.1, 0.15) is 6.04 Å². The molecule has 1 aliphatic rings. The van der Waals surface area contributed by atoms with E-state index in [4.69, 9.17) is 4.74 Å². The fourth-order valence-electron chi connectivity index (χ4n) is 1.95. The second-order valence-electron chi connectivity index (χ2n) is 4.54. The second kappa shape index (κ2) is 5.69. The van der Waals surface area contributed by atoms with Crippen molar-refractivity contribution in [1.29, 1.82) is 0 Å². The van der Waals surface area contributed by atoms with Gasteiger partial charge in [-0.15, -0.1) is 0 Å². The number of carbonyl (C=O) groups is 1. The first-order valence-electron chi connectivity index (χ1n) is 6.16. The molecule has 1 atom stereocenters. The zero-order valence-corrected chi connectivity index (χ0v) is 11.9. The lowest BCUT2D eigenvalue weighted by Gasteiger charge is -2.18. The number of pyridine rings is 1. The molecule has 0 radical (unpaired) electrons. The number of rotatable bonds is 5. The highest BCUT2D eigenvalue weighted by molar-refractivity contribution is 9.10. The number of carbonyl (C=O) groups excluding carboxylic acids is 1. The van der Waals surface area contributed by atoms with Gasteiger partial charge in [0.15, 0.2) is 0 Å². The maximum Gasteiger partial charge on any atom is 0.329 e. The lowest BCUT2D eigenvalue weighted by molar-refractivity contribution is -0.147.